The van der Waals surface area contributed by atoms with Gasteiger partial charge in [-0.15, -0.1) is 0 Å². The first-order valence-corrected chi connectivity index (χ1v) is 8.58. The molecule has 5 nitrogen and oxygen atoms in total. The minimum Gasteiger partial charge on any atom is -0.495 e. The third-order valence-electron chi connectivity index (χ3n) is 4.02. The van der Waals surface area contributed by atoms with Crippen molar-refractivity contribution in [3.8, 4) is 5.75 Å². The zero-order valence-electron chi connectivity index (χ0n) is 15.3. The van der Waals surface area contributed by atoms with E-state index in [0.717, 1.165) is 16.7 Å². The van der Waals surface area contributed by atoms with E-state index in [0.29, 0.717) is 16.5 Å². The number of ether oxygens (including phenoxy) is 2. The molecule has 0 bridgehead atoms. The molecule has 2 rings (SSSR count). The molecule has 1 N–H and O–H groups in total. The molecule has 0 saturated heterocycles. The van der Waals surface area contributed by atoms with Crippen LogP contribution in [-0.4, -0.2) is 25.1 Å². The number of carbonyl (C=O) groups is 2. The number of hydrogen-bond donors (Lipinski definition) is 1. The molecular weight excluding hydrogens is 354 g/mol. The summed E-state index contributed by atoms with van der Waals surface area (Å²) in [6.07, 6.45) is -0.803. The summed E-state index contributed by atoms with van der Waals surface area (Å²) in [6, 6.07) is 10.7. The fraction of sp³-hybridized carbons (Fsp3) is 0.300. The lowest BCUT2D eigenvalue weighted by molar-refractivity contribution is -0.152. The van der Waals surface area contributed by atoms with E-state index in [1.807, 2.05) is 32.0 Å². The second-order valence-corrected chi connectivity index (χ2v) is 6.47. The summed E-state index contributed by atoms with van der Waals surface area (Å²) in [5, 5.41) is 3.04. The van der Waals surface area contributed by atoms with Gasteiger partial charge in [0.25, 0.3) is 5.91 Å². The van der Waals surface area contributed by atoms with Crippen LogP contribution < -0.4 is 10.1 Å². The van der Waals surface area contributed by atoms with E-state index in [1.165, 1.54) is 14.0 Å². The maximum atomic E-state index is 12.2. The monoisotopic (exact) mass is 375 g/mol. The highest BCUT2D eigenvalue weighted by Gasteiger charge is 2.18. The van der Waals surface area contributed by atoms with Gasteiger partial charge >= 0.3 is 5.97 Å². The van der Waals surface area contributed by atoms with Crippen LogP contribution in [0.15, 0.2) is 36.4 Å². The van der Waals surface area contributed by atoms with Crippen molar-refractivity contribution in [2.45, 2.75) is 33.3 Å². The fourth-order valence-electron chi connectivity index (χ4n) is 2.36. The molecule has 2 aromatic rings. The molecule has 0 aliphatic rings. The van der Waals surface area contributed by atoms with Gasteiger partial charge in [-0.25, -0.2) is 0 Å². The van der Waals surface area contributed by atoms with E-state index < -0.39 is 18.0 Å². The van der Waals surface area contributed by atoms with Crippen LogP contribution in [-0.2, 0) is 20.7 Å². The zero-order valence-corrected chi connectivity index (χ0v) is 16.0. The average molecular weight is 376 g/mol. The number of carbonyl (C=O) groups excluding carboxylic acids is 2. The number of anilines is 1. The van der Waals surface area contributed by atoms with Crippen LogP contribution in [0.4, 0.5) is 5.69 Å². The second-order valence-electron chi connectivity index (χ2n) is 6.07. The van der Waals surface area contributed by atoms with Crippen molar-refractivity contribution >= 4 is 29.2 Å². The highest BCUT2D eigenvalue weighted by Crippen LogP contribution is 2.27. The summed E-state index contributed by atoms with van der Waals surface area (Å²) in [5.41, 5.74) is 3.62. The maximum Gasteiger partial charge on any atom is 0.311 e. The van der Waals surface area contributed by atoms with Crippen LogP contribution in [0.3, 0.4) is 0 Å². The number of hydrogen-bond acceptors (Lipinski definition) is 4. The van der Waals surface area contributed by atoms with Crippen molar-refractivity contribution in [3.05, 3.63) is 58.1 Å². The number of esters is 1. The molecule has 6 heteroatoms. The van der Waals surface area contributed by atoms with Crippen molar-refractivity contribution in [1.29, 1.82) is 0 Å². The lowest BCUT2D eigenvalue weighted by Crippen LogP contribution is -2.30. The van der Waals surface area contributed by atoms with E-state index in [-0.39, 0.29) is 6.42 Å². The Labute approximate surface area is 158 Å². The summed E-state index contributed by atoms with van der Waals surface area (Å²) < 4.78 is 10.3. The standard InChI is InChI=1S/C20H22ClNO4/c1-12-5-6-15(9-13(12)2)10-19(23)26-14(3)20(24)22-16-7-8-18(25-4)17(21)11-16/h5-9,11,14H,10H2,1-4H3,(H,22,24)/t14-/m1/s1. The molecule has 0 radical (unpaired) electrons. The number of amides is 1. The molecule has 0 heterocycles. The van der Waals surface area contributed by atoms with Gasteiger partial charge in [-0.2, -0.15) is 0 Å². The van der Waals surface area contributed by atoms with E-state index >= 15 is 0 Å². The highest BCUT2D eigenvalue weighted by molar-refractivity contribution is 6.32. The van der Waals surface area contributed by atoms with Gasteiger partial charge in [-0.1, -0.05) is 29.8 Å². The molecule has 0 aliphatic heterocycles. The molecule has 138 valence electrons. The molecule has 26 heavy (non-hydrogen) atoms. The summed E-state index contributed by atoms with van der Waals surface area (Å²) in [6.45, 7) is 5.52. The Balaban J connectivity index is 1.92. The third-order valence-corrected chi connectivity index (χ3v) is 4.31. The molecular formula is C20H22ClNO4. The Bertz CT molecular complexity index is 819. The van der Waals surface area contributed by atoms with Crippen molar-refractivity contribution in [2.24, 2.45) is 0 Å². The predicted octanol–water partition coefficient (Wildman–Crippen LogP) is 4.08. The lowest BCUT2D eigenvalue weighted by Gasteiger charge is -2.14. The lowest BCUT2D eigenvalue weighted by atomic mass is 10.0. The van der Waals surface area contributed by atoms with Crippen molar-refractivity contribution in [3.63, 3.8) is 0 Å². The maximum absolute atomic E-state index is 12.2. The quantitative estimate of drug-likeness (QED) is 0.773. The summed E-state index contributed by atoms with van der Waals surface area (Å²) in [4.78, 5) is 24.3. The third kappa shape index (κ3) is 5.23. The normalized spacial score (nSPS) is 11.6. The van der Waals surface area contributed by atoms with Crippen molar-refractivity contribution in [1.82, 2.24) is 0 Å². The van der Waals surface area contributed by atoms with Crippen molar-refractivity contribution in [2.75, 3.05) is 12.4 Å². The number of rotatable bonds is 6. The molecule has 0 unspecified atom stereocenters. The van der Waals surface area contributed by atoms with Gasteiger partial charge in [0.1, 0.15) is 5.75 Å². The minimum absolute atomic E-state index is 0.118. The Morgan fingerprint density at radius 1 is 1.12 bits per heavy atom. The minimum atomic E-state index is -0.921. The first-order chi connectivity index (χ1) is 12.3. The fourth-order valence-corrected chi connectivity index (χ4v) is 2.62. The van der Waals surface area contributed by atoms with Crippen LogP contribution in [0, 0.1) is 13.8 Å². The molecule has 2 aromatic carbocycles. The average Bonchev–Trinajstić information content (AvgIpc) is 2.58. The van der Waals surface area contributed by atoms with Crippen molar-refractivity contribution < 1.29 is 19.1 Å². The van der Waals surface area contributed by atoms with Crippen LogP contribution in [0.25, 0.3) is 0 Å². The number of benzene rings is 2. The van der Waals surface area contributed by atoms with Gasteiger partial charge in [0, 0.05) is 5.69 Å². The van der Waals surface area contributed by atoms with Gasteiger partial charge in [-0.3, -0.25) is 9.59 Å². The van der Waals surface area contributed by atoms with Crippen LogP contribution in [0.5, 0.6) is 5.75 Å². The summed E-state index contributed by atoms with van der Waals surface area (Å²) >= 11 is 6.03. The van der Waals surface area contributed by atoms with Gasteiger partial charge in [0.2, 0.25) is 0 Å². The van der Waals surface area contributed by atoms with Gasteiger partial charge in [-0.05, 0) is 55.7 Å². The van der Waals surface area contributed by atoms with E-state index in [4.69, 9.17) is 21.1 Å². The Morgan fingerprint density at radius 2 is 1.85 bits per heavy atom. The molecule has 0 aliphatic carbocycles. The number of halogens is 1. The van der Waals surface area contributed by atoms with Crippen LogP contribution >= 0.6 is 11.6 Å². The van der Waals surface area contributed by atoms with Gasteiger partial charge in [0.15, 0.2) is 6.10 Å². The number of methoxy groups -OCH3 is 1. The van der Waals surface area contributed by atoms with Gasteiger partial charge < -0.3 is 14.8 Å². The van der Waals surface area contributed by atoms with Crippen LogP contribution in [0.1, 0.15) is 23.6 Å². The molecule has 0 spiro atoms. The van der Waals surface area contributed by atoms with Crippen LogP contribution in [0.2, 0.25) is 5.02 Å². The number of aryl methyl sites for hydroxylation is 2. The highest BCUT2D eigenvalue weighted by atomic mass is 35.5. The van der Waals surface area contributed by atoms with Gasteiger partial charge in [0.05, 0.1) is 18.6 Å². The second kappa shape index (κ2) is 8.72. The summed E-state index contributed by atoms with van der Waals surface area (Å²) in [5.74, 6) is -0.374. The Kier molecular flexibility index (Phi) is 6.64. The van der Waals surface area contributed by atoms with E-state index in [1.54, 1.807) is 18.2 Å². The summed E-state index contributed by atoms with van der Waals surface area (Å²) in [7, 11) is 1.51. The topological polar surface area (TPSA) is 64.6 Å². The number of nitrogens with one attached hydrogen (secondary N) is 1. The SMILES string of the molecule is COc1ccc(NC(=O)[C@@H](C)OC(=O)Cc2ccc(C)c(C)c2)cc1Cl. The molecule has 1 atom stereocenters. The Morgan fingerprint density at radius 3 is 2.46 bits per heavy atom. The van der Waals surface area contributed by atoms with E-state index in [9.17, 15) is 9.59 Å². The Hall–Kier alpha value is -2.53. The zero-order chi connectivity index (χ0) is 19.3. The predicted molar refractivity (Wildman–Crippen MR) is 102 cm³/mol. The first-order valence-electron chi connectivity index (χ1n) is 8.20. The molecule has 1 amide bonds. The molecule has 0 fully saturated rings. The molecule has 0 saturated carbocycles. The van der Waals surface area contributed by atoms with E-state index in [2.05, 4.69) is 5.32 Å². The smallest absolute Gasteiger partial charge is 0.311 e. The first kappa shape index (κ1) is 19.8. The largest absolute Gasteiger partial charge is 0.495 e. The molecule has 0 aromatic heterocycles.